The van der Waals surface area contributed by atoms with E-state index in [0.717, 1.165) is 12.3 Å². The fraction of sp³-hybridized carbons (Fsp3) is 0.733. The molecule has 1 unspecified atom stereocenters. The highest BCUT2D eigenvalue weighted by atomic mass is 16.2. The van der Waals surface area contributed by atoms with Crippen LogP contribution in [0.25, 0.3) is 0 Å². The summed E-state index contributed by atoms with van der Waals surface area (Å²) < 4.78 is 0. The molecule has 0 aliphatic heterocycles. The molecule has 0 heterocycles. The Bertz CT molecular complexity index is 284. The monoisotopic (exact) mass is 222 g/mol. The molecule has 1 heteroatoms. The fourth-order valence-electron chi connectivity index (χ4n) is 2.77. The average Bonchev–Trinajstić information content (AvgIpc) is 2.15. The minimum Gasteiger partial charge on any atom is -0.392 e. The Morgan fingerprint density at radius 2 is 2.25 bits per heavy atom. The molecule has 1 rings (SSSR count). The summed E-state index contributed by atoms with van der Waals surface area (Å²) in [6.45, 7) is 9.32. The van der Waals surface area contributed by atoms with Gasteiger partial charge in [-0.25, -0.2) is 0 Å². The van der Waals surface area contributed by atoms with Crippen LogP contribution in [0.2, 0.25) is 0 Å². The van der Waals surface area contributed by atoms with Crippen LogP contribution in [0.5, 0.6) is 0 Å². The van der Waals surface area contributed by atoms with Gasteiger partial charge in [0.2, 0.25) is 0 Å². The van der Waals surface area contributed by atoms with Crippen molar-refractivity contribution in [1.29, 1.82) is 0 Å². The van der Waals surface area contributed by atoms with Crippen LogP contribution in [0.15, 0.2) is 23.3 Å². The van der Waals surface area contributed by atoms with E-state index < -0.39 is 0 Å². The van der Waals surface area contributed by atoms with Gasteiger partial charge in [0.15, 0.2) is 0 Å². The second-order valence-corrected chi connectivity index (χ2v) is 5.92. The lowest BCUT2D eigenvalue weighted by Crippen LogP contribution is -2.27. The van der Waals surface area contributed by atoms with E-state index in [1.165, 1.54) is 24.8 Å². The zero-order valence-corrected chi connectivity index (χ0v) is 11.2. The Hall–Kier alpha value is -0.560. The SMILES string of the molecule is CC1=CCC(CC/C(C)=C/CO)C(C)(C)C1. The number of hydrogen-bond acceptors (Lipinski definition) is 1. The maximum absolute atomic E-state index is 8.83. The van der Waals surface area contributed by atoms with Crippen molar-refractivity contribution >= 4 is 0 Å². The minimum atomic E-state index is 0.179. The highest BCUT2D eigenvalue weighted by Gasteiger charge is 2.31. The standard InChI is InChI=1S/C15H26O/c1-12(9-10-16)5-7-14-8-6-13(2)11-15(14,3)4/h6,9,14,16H,5,7-8,10-11H2,1-4H3/b12-9+. The Morgan fingerprint density at radius 3 is 2.81 bits per heavy atom. The molecule has 0 radical (unpaired) electrons. The molecule has 0 bridgehead atoms. The molecule has 1 aliphatic rings. The quantitative estimate of drug-likeness (QED) is 0.710. The topological polar surface area (TPSA) is 20.2 Å². The van der Waals surface area contributed by atoms with Crippen LogP contribution in [0.3, 0.4) is 0 Å². The summed E-state index contributed by atoms with van der Waals surface area (Å²) in [5, 5.41) is 8.83. The van der Waals surface area contributed by atoms with Crippen LogP contribution < -0.4 is 0 Å². The second kappa shape index (κ2) is 5.67. The van der Waals surface area contributed by atoms with Gasteiger partial charge in [-0.2, -0.15) is 0 Å². The summed E-state index contributed by atoms with van der Waals surface area (Å²) in [6.07, 6.45) is 9.17. The Labute approximate surface area is 100 Å². The van der Waals surface area contributed by atoms with Crippen molar-refractivity contribution in [2.24, 2.45) is 11.3 Å². The van der Waals surface area contributed by atoms with Gasteiger partial charge in [-0.15, -0.1) is 0 Å². The first-order valence-corrected chi connectivity index (χ1v) is 6.38. The predicted molar refractivity (Wildman–Crippen MR) is 70.3 cm³/mol. The first kappa shape index (κ1) is 13.5. The molecule has 1 atom stereocenters. The molecule has 0 saturated carbocycles. The van der Waals surface area contributed by atoms with Gasteiger partial charge in [-0.3, -0.25) is 0 Å². The largest absolute Gasteiger partial charge is 0.392 e. The summed E-state index contributed by atoms with van der Waals surface area (Å²) in [5.41, 5.74) is 3.31. The Kier molecular flexibility index (Phi) is 4.79. The van der Waals surface area contributed by atoms with Gasteiger partial charge in [0.05, 0.1) is 6.61 Å². The smallest absolute Gasteiger partial charge is 0.0614 e. The highest BCUT2D eigenvalue weighted by Crippen LogP contribution is 2.42. The van der Waals surface area contributed by atoms with Crippen molar-refractivity contribution in [1.82, 2.24) is 0 Å². The molecule has 0 aromatic rings. The van der Waals surface area contributed by atoms with Crippen LogP contribution in [-0.4, -0.2) is 11.7 Å². The molecular weight excluding hydrogens is 196 g/mol. The molecule has 1 aliphatic carbocycles. The zero-order valence-electron chi connectivity index (χ0n) is 11.2. The Balaban J connectivity index is 2.52. The fourth-order valence-corrected chi connectivity index (χ4v) is 2.77. The maximum atomic E-state index is 8.83. The molecule has 0 fully saturated rings. The first-order valence-electron chi connectivity index (χ1n) is 6.38. The summed E-state index contributed by atoms with van der Waals surface area (Å²) in [7, 11) is 0. The summed E-state index contributed by atoms with van der Waals surface area (Å²) in [6, 6.07) is 0. The summed E-state index contributed by atoms with van der Waals surface area (Å²) in [4.78, 5) is 0. The lowest BCUT2D eigenvalue weighted by atomic mass is 9.67. The highest BCUT2D eigenvalue weighted by molar-refractivity contribution is 5.09. The van der Waals surface area contributed by atoms with Gasteiger partial charge in [-0.1, -0.05) is 37.1 Å². The second-order valence-electron chi connectivity index (χ2n) is 5.92. The lowest BCUT2D eigenvalue weighted by Gasteiger charge is -2.38. The van der Waals surface area contributed by atoms with Crippen molar-refractivity contribution < 1.29 is 5.11 Å². The van der Waals surface area contributed by atoms with Gasteiger partial charge in [-0.05, 0) is 50.9 Å². The van der Waals surface area contributed by atoms with Crippen LogP contribution in [0.1, 0.15) is 53.4 Å². The molecule has 0 amide bonds. The zero-order chi connectivity index (χ0) is 12.2. The van der Waals surface area contributed by atoms with Gasteiger partial charge in [0.25, 0.3) is 0 Å². The number of hydrogen-bond donors (Lipinski definition) is 1. The van der Waals surface area contributed by atoms with Gasteiger partial charge in [0, 0.05) is 0 Å². The molecule has 16 heavy (non-hydrogen) atoms. The number of aliphatic hydroxyl groups is 1. The Morgan fingerprint density at radius 1 is 1.56 bits per heavy atom. The molecule has 0 aromatic carbocycles. The van der Waals surface area contributed by atoms with E-state index in [9.17, 15) is 0 Å². The van der Waals surface area contributed by atoms with Gasteiger partial charge >= 0.3 is 0 Å². The summed E-state index contributed by atoms with van der Waals surface area (Å²) in [5.74, 6) is 0.790. The molecule has 1 N–H and O–H groups in total. The predicted octanol–water partition coefficient (Wildman–Crippen LogP) is 4.09. The third-order valence-electron chi connectivity index (χ3n) is 3.92. The minimum absolute atomic E-state index is 0.179. The molecule has 1 nitrogen and oxygen atoms in total. The normalized spacial score (nSPS) is 25.4. The third-order valence-corrected chi connectivity index (χ3v) is 3.92. The van der Waals surface area contributed by atoms with E-state index in [0.29, 0.717) is 5.41 Å². The van der Waals surface area contributed by atoms with E-state index in [-0.39, 0.29) is 6.61 Å². The first-order chi connectivity index (χ1) is 7.45. The lowest BCUT2D eigenvalue weighted by molar-refractivity contribution is 0.187. The van der Waals surface area contributed by atoms with Crippen molar-refractivity contribution in [2.75, 3.05) is 6.61 Å². The van der Waals surface area contributed by atoms with Crippen LogP contribution in [0.4, 0.5) is 0 Å². The van der Waals surface area contributed by atoms with E-state index in [1.807, 2.05) is 6.08 Å². The average molecular weight is 222 g/mol. The maximum Gasteiger partial charge on any atom is 0.0614 e. The van der Waals surface area contributed by atoms with Crippen molar-refractivity contribution in [2.45, 2.75) is 53.4 Å². The number of rotatable bonds is 4. The van der Waals surface area contributed by atoms with Gasteiger partial charge < -0.3 is 5.11 Å². The van der Waals surface area contributed by atoms with E-state index in [1.54, 1.807) is 5.57 Å². The van der Waals surface area contributed by atoms with Crippen molar-refractivity contribution in [3.8, 4) is 0 Å². The van der Waals surface area contributed by atoms with E-state index in [4.69, 9.17) is 5.11 Å². The van der Waals surface area contributed by atoms with Crippen LogP contribution in [0, 0.1) is 11.3 Å². The molecule has 0 saturated heterocycles. The number of aliphatic hydroxyl groups excluding tert-OH is 1. The molecule has 0 spiro atoms. The van der Waals surface area contributed by atoms with Crippen molar-refractivity contribution in [3.05, 3.63) is 23.3 Å². The molecule has 0 aromatic heterocycles. The van der Waals surface area contributed by atoms with Crippen LogP contribution >= 0.6 is 0 Å². The van der Waals surface area contributed by atoms with Gasteiger partial charge in [0.1, 0.15) is 0 Å². The van der Waals surface area contributed by atoms with E-state index >= 15 is 0 Å². The third kappa shape index (κ3) is 3.79. The van der Waals surface area contributed by atoms with E-state index in [2.05, 4.69) is 33.8 Å². The molecule has 92 valence electrons. The summed E-state index contributed by atoms with van der Waals surface area (Å²) >= 11 is 0. The van der Waals surface area contributed by atoms with Crippen molar-refractivity contribution in [3.63, 3.8) is 0 Å². The van der Waals surface area contributed by atoms with Crippen LogP contribution in [-0.2, 0) is 0 Å². The molecular formula is C15H26O. The number of allylic oxidation sites excluding steroid dienone is 3.